The van der Waals surface area contributed by atoms with Crippen LogP contribution < -0.4 is 5.56 Å². The molecule has 1 aromatic carbocycles. The van der Waals surface area contributed by atoms with E-state index in [1.165, 1.54) is 35.6 Å². The van der Waals surface area contributed by atoms with Crippen LogP contribution in [0.1, 0.15) is 39.7 Å². The van der Waals surface area contributed by atoms with Crippen molar-refractivity contribution in [3.8, 4) is 6.07 Å². The van der Waals surface area contributed by atoms with E-state index in [1.807, 2.05) is 13.0 Å². The zero-order valence-corrected chi connectivity index (χ0v) is 14.9. The van der Waals surface area contributed by atoms with Crippen LogP contribution in [-0.2, 0) is 6.42 Å². The Bertz CT molecular complexity index is 1110. The molecule has 0 saturated heterocycles. The van der Waals surface area contributed by atoms with E-state index in [-0.39, 0.29) is 30.4 Å². The van der Waals surface area contributed by atoms with Crippen LogP contribution in [0, 0.1) is 30.0 Å². The molecular formula is C19H16FN3O2S. The molecule has 3 aromatic rings. The Kier molecular flexibility index (Phi) is 4.10. The number of aliphatic hydroxyl groups excluding tert-OH is 1. The molecule has 1 aliphatic carbocycles. The number of aliphatic hydroxyl groups is 1. The smallest absolute Gasteiger partial charge is 0.258 e. The summed E-state index contributed by atoms with van der Waals surface area (Å²) in [6.45, 7) is 2.08. The van der Waals surface area contributed by atoms with Gasteiger partial charge >= 0.3 is 0 Å². The van der Waals surface area contributed by atoms with Crippen molar-refractivity contribution in [2.75, 3.05) is 6.61 Å². The number of nitriles is 1. The van der Waals surface area contributed by atoms with E-state index >= 15 is 0 Å². The predicted molar refractivity (Wildman–Crippen MR) is 95.9 cm³/mol. The molecule has 1 aliphatic rings. The van der Waals surface area contributed by atoms with E-state index in [0.29, 0.717) is 21.8 Å². The average Bonchev–Trinajstić information content (AvgIpc) is 3.31. The van der Waals surface area contributed by atoms with Gasteiger partial charge in [0.25, 0.3) is 5.56 Å². The number of halogens is 1. The number of aryl methyl sites for hydroxylation is 1. The summed E-state index contributed by atoms with van der Waals surface area (Å²) in [6, 6.07) is 7.59. The number of rotatable bonds is 4. The highest BCUT2D eigenvalue weighted by atomic mass is 32.1. The third kappa shape index (κ3) is 2.81. The summed E-state index contributed by atoms with van der Waals surface area (Å²) >= 11 is 1.43. The lowest BCUT2D eigenvalue weighted by atomic mass is 10.1. The minimum absolute atomic E-state index is 0.121. The molecule has 1 N–H and O–H groups in total. The molecule has 2 aromatic heterocycles. The van der Waals surface area contributed by atoms with Crippen molar-refractivity contribution in [1.29, 1.82) is 5.26 Å². The molecule has 5 nitrogen and oxygen atoms in total. The summed E-state index contributed by atoms with van der Waals surface area (Å²) < 4.78 is 15.6. The molecule has 1 saturated carbocycles. The fourth-order valence-electron chi connectivity index (χ4n) is 3.42. The van der Waals surface area contributed by atoms with E-state index in [1.54, 1.807) is 4.40 Å². The summed E-state index contributed by atoms with van der Waals surface area (Å²) in [4.78, 5) is 18.8. The van der Waals surface area contributed by atoms with Crippen LogP contribution in [0.2, 0.25) is 0 Å². The Balaban J connectivity index is 1.75. The first-order valence-corrected chi connectivity index (χ1v) is 9.14. The minimum atomic E-state index is -0.419. The lowest BCUT2D eigenvalue weighted by Crippen LogP contribution is -2.17. The number of benzene rings is 1. The summed E-state index contributed by atoms with van der Waals surface area (Å²) in [6.07, 6.45) is 1.03. The SMILES string of the molecule is Cc1sc2nc(Cc3cc(C#N)ccc3F)cc(=O)n2c1C1CC1CO. The maximum atomic E-state index is 14.0. The maximum absolute atomic E-state index is 14.0. The molecule has 2 heterocycles. The van der Waals surface area contributed by atoms with Crippen LogP contribution in [0.25, 0.3) is 4.96 Å². The molecule has 26 heavy (non-hydrogen) atoms. The lowest BCUT2D eigenvalue weighted by Gasteiger charge is -2.05. The van der Waals surface area contributed by atoms with E-state index in [2.05, 4.69) is 4.98 Å². The molecule has 0 amide bonds. The number of fused-ring (bicyclic) bond motifs is 1. The third-order valence-corrected chi connectivity index (χ3v) is 5.81. The average molecular weight is 369 g/mol. The van der Waals surface area contributed by atoms with Crippen molar-refractivity contribution >= 4 is 16.3 Å². The Morgan fingerprint density at radius 2 is 2.27 bits per heavy atom. The Morgan fingerprint density at radius 1 is 1.46 bits per heavy atom. The highest BCUT2D eigenvalue weighted by Gasteiger charge is 2.41. The zero-order valence-electron chi connectivity index (χ0n) is 14.1. The van der Waals surface area contributed by atoms with E-state index in [9.17, 15) is 14.3 Å². The van der Waals surface area contributed by atoms with Gasteiger partial charge in [0.2, 0.25) is 0 Å². The number of hydrogen-bond acceptors (Lipinski definition) is 5. The number of thiazole rings is 1. The van der Waals surface area contributed by atoms with Crippen LogP contribution in [0.3, 0.4) is 0 Å². The van der Waals surface area contributed by atoms with Gasteiger partial charge in [-0.1, -0.05) is 0 Å². The second-order valence-corrected chi connectivity index (χ2v) is 7.81. The van der Waals surface area contributed by atoms with Crippen LogP contribution >= 0.6 is 11.3 Å². The topological polar surface area (TPSA) is 78.4 Å². The number of nitrogens with zero attached hydrogens (tertiary/aromatic N) is 3. The van der Waals surface area contributed by atoms with E-state index in [4.69, 9.17) is 5.26 Å². The summed E-state index contributed by atoms with van der Waals surface area (Å²) in [7, 11) is 0. The molecule has 1 fully saturated rings. The lowest BCUT2D eigenvalue weighted by molar-refractivity contribution is 0.273. The standard InChI is InChI=1S/C19H16FN3O2S/c1-10-18(15-6-13(15)9-24)23-17(25)7-14(22-19(23)26-10)5-12-4-11(8-21)2-3-16(12)20/h2-4,7,13,15,24H,5-6,9H2,1H3. The summed E-state index contributed by atoms with van der Waals surface area (Å²) in [5.41, 5.74) is 1.94. The van der Waals surface area contributed by atoms with Crippen molar-refractivity contribution < 1.29 is 9.50 Å². The van der Waals surface area contributed by atoms with Crippen molar-refractivity contribution in [2.45, 2.75) is 25.7 Å². The number of hydrogen-bond donors (Lipinski definition) is 1. The highest BCUT2D eigenvalue weighted by Crippen LogP contribution is 2.49. The van der Waals surface area contributed by atoms with Crippen LogP contribution in [0.5, 0.6) is 0 Å². The molecule has 7 heteroatoms. The van der Waals surface area contributed by atoms with Crippen LogP contribution in [0.4, 0.5) is 4.39 Å². The maximum Gasteiger partial charge on any atom is 0.258 e. The van der Waals surface area contributed by atoms with Gasteiger partial charge in [-0.25, -0.2) is 9.37 Å². The monoisotopic (exact) mass is 369 g/mol. The second-order valence-electron chi connectivity index (χ2n) is 6.63. The minimum Gasteiger partial charge on any atom is -0.396 e. The Morgan fingerprint density at radius 3 is 2.96 bits per heavy atom. The fourth-order valence-corrected chi connectivity index (χ4v) is 4.48. The molecule has 0 spiro atoms. The molecule has 132 valence electrons. The van der Waals surface area contributed by atoms with Gasteiger partial charge in [-0.3, -0.25) is 9.20 Å². The van der Waals surface area contributed by atoms with Gasteiger partial charge in [-0.05, 0) is 43.0 Å². The first-order chi connectivity index (χ1) is 12.5. The largest absolute Gasteiger partial charge is 0.396 e. The molecule has 4 rings (SSSR count). The van der Waals surface area contributed by atoms with Crippen molar-refractivity contribution in [3.05, 3.63) is 67.8 Å². The van der Waals surface area contributed by atoms with Gasteiger partial charge < -0.3 is 5.11 Å². The van der Waals surface area contributed by atoms with Crippen molar-refractivity contribution in [1.82, 2.24) is 9.38 Å². The van der Waals surface area contributed by atoms with Crippen molar-refractivity contribution in [3.63, 3.8) is 0 Å². The van der Waals surface area contributed by atoms with Gasteiger partial charge in [0.1, 0.15) is 5.82 Å². The van der Waals surface area contributed by atoms with Gasteiger partial charge in [-0.2, -0.15) is 5.26 Å². The van der Waals surface area contributed by atoms with Crippen molar-refractivity contribution in [2.24, 2.45) is 5.92 Å². The predicted octanol–water partition coefficient (Wildman–Crippen LogP) is 2.76. The van der Waals surface area contributed by atoms with Gasteiger partial charge in [0.05, 0.1) is 17.3 Å². The first kappa shape index (κ1) is 16.9. The fraction of sp³-hybridized carbons (Fsp3) is 0.316. The molecule has 2 unspecified atom stereocenters. The zero-order chi connectivity index (χ0) is 18.4. The Labute approximate surface area is 153 Å². The molecule has 2 atom stereocenters. The van der Waals surface area contributed by atoms with Crippen LogP contribution in [0.15, 0.2) is 29.1 Å². The normalized spacial score (nSPS) is 18.8. The second kappa shape index (κ2) is 6.31. The van der Waals surface area contributed by atoms with Gasteiger partial charge in [0.15, 0.2) is 4.96 Å². The van der Waals surface area contributed by atoms with E-state index < -0.39 is 5.82 Å². The quantitative estimate of drug-likeness (QED) is 0.767. The third-order valence-electron chi connectivity index (χ3n) is 4.84. The highest BCUT2D eigenvalue weighted by molar-refractivity contribution is 7.17. The van der Waals surface area contributed by atoms with E-state index in [0.717, 1.165) is 17.0 Å². The van der Waals surface area contributed by atoms with Gasteiger partial charge in [0, 0.05) is 35.6 Å². The molecule has 0 bridgehead atoms. The molecule has 0 aliphatic heterocycles. The Hall–Kier alpha value is -2.56. The summed E-state index contributed by atoms with van der Waals surface area (Å²) in [5.74, 6) is -0.0115. The number of aromatic nitrogens is 2. The summed E-state index contributed by atoms with van der Waals surface area (Å²) in [5, 5.41) is 18.3. The van der Waals surface area contributed by atoms with Gasteiger partial charge in [-0.15, -0.1) is 11.3 Å². The first-order valence-electron chi connectivity index (χ1n) is 8.33. The molecular weight excluding hydrogens is 353 g/mol. The van der Waals surface area contributed by atoms with Crippen LogP contribution in [-0.4, -0.2) is 21.1 Å². The molecule has 0 radical (unpaired) electrons.